The van der Waals surface area contributed by atoms with Crippen LogP contribution in [-0.2, 0) is 6.54 Å². The summed E-state index contributed by atoms with van der Waals surface area (Å²) in [7, 11) is 0. The van der Waals surface area contributed by atoms with E-state index in [2.05, 4.69) is 41.9 Å². The number of aryl methyl sites for hydroxylation is 2. The van der Waals surface area contributed by atoms with E-state index in [4.69, 9.17) is 0 Å². The molecule has 4 rings (SSSR count). The van der Waals surface area contributed by atoms with E-state index in [1.807, 2.05) is 30.0 Å². The number of rotatable bonds is 3. The Labute approximate surface area is 140 Å². The van der Waals surface area contributed by atoms with Gasteiger partial charge in [-0.1, -0.05) is 0 Å². The van der Waals surface area contributed by atoms with Gasteiger partial charge in [0.2, 0.25) is 0 Å². The van der Waals surface area contributed by atoms with Crippen molar-refractivity contribution in [1.82, 2.24) is 29.7 Å². The fourth-order valence-corrected chi connectivity index (χ4v) is 3.04. The predicted octanol–water partition coefficient (Wildman–Crippen LogP) is 1.27. The molecule has 1 fully saturated rings. The van der Waals surface area contributed by atoms with Gasteiger partial charge in [-0.3, -0.25) is 0 Å². The molecular weight excluding hydrogens is 304 g/mol. The van der Waals surface area contributed by atoms with Crippen LogP contribution < -0.4 is 9.80 Å². The molecule has 0 radical (unpaired) electrons. The van der Waals surface area contributed by atoms with Gasteiger partial charge in [0.1, 0.15) is 6.33 Å². The van der Waals surface area contributed by atoms with Crippen molar-refractivity contribution in [2.75, 3.05) is 36.0 Å². The predicted molar refractivity (Wildman–Crippen MR) is 92.2 cm³/mol. The summed E-state index contributed by atoms with van der Waals surface area (Å²) in [5.41, 5.74) is 2.71. The van der Waals surface area contributed by atoms with Gasteiger partial charge in [0.15, 0.2) is 22.8 Å². The molecule has 124 valence electrons. The first-order valence-electron chi connectivity index (χ1n) is 8.22. The van der Waals surface area contributed by atoms with E-state index in [0.29, 0.717) is 0 Å². The Morgan fingerprint density at radius 1 is 0.958 bits per heavy atom. The maximum absolute atomic E-state index is 4.51. The van der Waals surface area contributed by atoms with Crippen LogP contribution in [0.5, 0.6) is 0 Å². The van der Waals surface area contributed by atoms with Crippen molar-refractivity contribution >= 4 is 22.8 Å². The Morgan fingerprint density at radius 2 is 1.75 bits per heavy atom. The van der Waals surface area contributed by atoms with E-state index in [-0.39, 0.29) is 0 Å². The number of piperazine rings is 1. The van der Waals surface area contributed by atoms with Gasteiger partial charge in [0, 0.05) is 32.7 Å². The summed E-state index contributed by atoms with van der Waals surface area (Å²) >= 11 is 0. The molecule has 1 aliphatic heterocycles. The zero-order valence-electron chi connectivity index (χ0n) is 13.9. The second kappa shape index (κ2) is 6.03. The zero-order valence-corrected chi connectivity index (χ0v) is 13.9. The van der Waals surface area contributed by atoms with Gasteiger partial charge in [0.05, 0.1) is 12.0 Å². The van der Waals surface area contributed by atoms with Crippen LogP contribution in [0, 0.1) is 6.92 Å². The molecule has 0 saturated carbocycles. The van der Waals surface area contributed by atoms with Crippen LogP contribution in [0.15, 0.2) is 24.8 Å². The molecule has 1 aliphatic rings. The number of anilines is 2. The normalized spacial score (nSPS) is 15.2. The Morgan fingerprint density at radius 3 is 2.46 bits per heavy atom. The Hall–Kier alpha value is -2.77. The average molecular weight is 324 g/mol. The van der Waals surface area contributed by atoms with Crippen LogP contribution in [0.1, 0.15) is 12.6 Å². The van der Waals surface area contributed by atoms with Crippen LogP contribution in [0.25, 0.3) is 11.2 Å². The molecule has 0 unspecified atom stereocenters. The number of fused-ring (bicyclic) bond motifs is 1. The summed E-state index contributed by atoms with van der Waals surface area (Å²) in [5.74, 6) is 1.85. The molecular formula is C16H20N8. The Kier molecular flexibility index (Phi) is 3.72. The lowest BCUT2D eigenvalue weighted by Crippen LogP contribution is -2.47. The fourth-order valence-electron chi connectivity index (χ4n) is 3.04. The molecule has 4 heterocycles. The summed E-state index contributed by atoms with van der Waals surface area (Å²) in [4.78, 5) is 17.9. The molecule has 0 amide bonds. The quantitative estimate of drug-likeness (QED) is 0.718. The molecule has 24 heavy (non-hydrogen) atoms. The molecule has 1 saturated heterocycles. The first-order chi connectivity index (χ1) is 11.8. The molecule has 0 atom stereocenters. The minimum absolute atomic E-state index is 0.854. The number of imidazole rings is 1. The van der Waals surface area contributed by atoms with E-state index >= 15 is 0 Å². The third-order valence-corrected chi connectivity index (χ3v) is 4.41. The highest BCUT2D eigenvalue weighted by molar-refractivity contribution is 5.83. The standard InChI is InChI=1S/C16H20N8/c1-3-22-11-19-14-15(22)17-10-18-16(14)24-8-6-23(7-9-24)13-5-4-12(2)20-21-13/h4-5,10-11H,3,6-9H2,1-2H3. The molecule has 8 heteroatoms. The number of hydrogen-bond donors (Lipinski definition) is 0. The first-order valence-corrected chi connectivity index (χ1v) is 8.22. The van der Waals surface area contributed by atoms with E-state index in [1.54, 1.807) is 6.33 Å². The zero-order chi connectivity index (χ0) is 16.5. The van der Waals surface area contributed by atoms with E-state index in [0.717, 1.165) is 61.2 Å². The van der Waals surface area contributed by atoms with Crippen LogP contribution >= 0.6 is 0 Å². The van der Waals surface area contributed by atoms with Crippen molar-refractivity contribution in [3.8, 4) is 0 Å². The maximum atomic E-state index is 4.51. The third kappa shape index (κ3) is 2.53. The Balaban J connectivity index is 1.54. The van der Waals surface area contributed by atoms with Crippen LogP contribution in [0.2, 0.25) is 0 Å². The first kappa shape index (κ1) is 14.8. The Bertz CT molecular complexity index is 833. The average Bonchev–Trinajstić information content (AvgIpc) is 3.06. The second-order valence-electron chi connectivity index (χ2n) is 5.91. The SMILES string of the molecule is CCn1cnc2c(N3CCN(c4ccc(C)nn4)CC3)ncnc21. The van der Waals surface area contributed by atoms with Crippen LogP contribution in [-0.4, -0.2) is 55.9 Å². The summed E-state index contributed by atoms with van der Waals surface area (Å²) in [5, 5.41) is 8.43. The van der Waals surface area contributed by atoms with E-state index in [1.165, 1.54) is 0 Å². The molecule has 0 N–H and O–H groups in total. The highest BCUT2D eigenvalue weighted by Gasteiger charge is 2.22. The largest absolute Gasteiger partial charge is 0.352 e. The van der Waals surface area contributed by atoms with Gasteiger partial charge in [-0.05, 0) is 26.0 Å². The molecule has 0 aromatic carbocycles. The maximum Gasteiger partial charge on any atom is 0.165 e. The summed E-state index contributed by atoms with van der Waals surface area (Å²) in [6.45, 7) is 8.42. The van der Waals surface area contributed by atoms with Crippen LogP contribution in [0.3, 0.4) is 0 Å². The van der Waals surface area contributed by atoms with Crippen molar-refractivity contribution in [3.05, 3.63) is 30.5 Å². The molecule has 8 nitrogen and oxygen atoms in total. The van der Waals surface area contributed by atoms with Gasteiger partial charge >= 0.3 is 0 Å². The minimum Gasteiger partial charge on any atom is -0.352 e. The highest BCUT2D eigenvalue weighted by atomic mass is 15.3. The van der Waals surface area contributed by atoms with Gasteiger partial charge < -0.3 is 14.4 Å². The lowest BCUT2D eigenvalue weighted by atomic mass is 10.3. The molecule has 3 aromatic heterocycles. The molecule has 3 aromatic rings. The van der Waals surface area contributed by atoms with Gasteiger partial charge in [-0.2, -0.15) is 5.10 Å². The van der Waals surface area contributed by atoms with Crippen molar-refractivity contribution in [2.24, 2.45) is 0 Å². The monoisotopic (exact) mass is 324 g/mol. The van der Waals surface area contributed by atoms with Gasteiger partial charge in [-0.15, -0.1) is 5.10 Å². The highest BCUT2D eigenvalue weighted by Crippen LogP contribution is 2.23. The fraction of sp³-hybridized carbons (Fsp3) is 0.438. The van der Waals surface area contributed by atoms with E-state index < -0.39 is 0 Å². The third-order valence-electron chi connectivity index (χ3n) is 4.41. The number of hydrogen-bond acceptors (Lipinski definition) is 7. The van der Waals surface area contributed by atoms with Gasteiger partial charge in [0.25, 0.3) is 0 Å². The van der Waals surface area contributed by atoms with Gasteiger partial charge in [-0.25, -0.2) is 15.0 Å². The van der Waals surface area contributed by atoms with Crippen molar-refractivity contribution in [1.29, 1.82) is 0 Å². The lowest BCUT2D eigenvalue weighted by molar-refractivity contribution is 0.638. The minimum atomic E-state index is 0.854. The topological polar surface area (TPSA) is 75.9 Å². The smallest absolute Gasteiger partial charge is 0.165 e. The van der Waals surface area contributed by atoms with Crippen molar-refractivity contribution < 1.29 is 0 Å². The lowest BCUT2D eigenvalue weighted by Gasteiger charge is -2.35. The second-order valence-corrected chi connectivity index (χ2v) is 5.91. The number of nitrogens with zero attached hydrogens (tertiary/aromatic N) is 8. The summed E-state index contributed by atoms with van der Waals surface area (Å²) in [6.07, 6.45) is 3.46. The summed E-state index contributed by atoms with van der Waals surface area (Å²) < 4.78 is 2.04. The molecule has 0 bridgehead atoms. The van der Waals surface area contributed by atoms with Crippen molar-refractivity contribution in [2.45, 2.75) is 20.4 Å². The molecule has 0 aliphatic carbocycles. The van der Waals surface area contributed by atoms with E-state index in [9.17, 15) is 0 Å². The van der Waals surface area contributed by atoms with Crippen LogP contribution in [0.4, 0.5) is 11.6 Å². The number of aromatic nitrogens is 6. The van der Waals surface area contributed by atoms with Crippen molar-refractivity contribution in [3.63, 3.8) is 0 Å². The molecule has 0 spiro atoms. The summed E-state index contributed by atoms with van der Waals surface area (Å²) in [6, 6.07) is 4.03.